The Balaban J connectivity index is 2.52. The van der Waals surface area contributed by atoms with Crippen LogP contribution in [0.15, 0.2) is 30.3 Å². The number of aryl methyl sites for hydroxylation is 1. The lowest BCUT2D eigenvalue weighted by atomic mass is 10.1. The maximum Gasteiger partial charge on any atom is 0.254 e. The quantitative estimate of drug-likeness (QED) is 0.910. The smallest absolute Gasteiger partial charge is 0.254 e. The summed E-state index contributed by atoms with van der Waals surface area (Å²) in [7, 11) is 1.29. The average molecular weight is 292 g/mol. The first-order valence-corrected chi connectivity index (χ1v) is 6.13. The molecule has 1 amide bonds. The van der Waals surface area contributed by atoms with E-state index < -0.39 is 17.5 Å². The van der Waals surface area contributed by atoms with Crippen molar-refractivity contribution in [3.63, 3.8) is 0 Å². The predicted octanol–water partition coefficient (Wildman–Crippen LogP) is 3.12. The van der Waals surface area contributed by atoms with Crippen LogP contribution in [-0.2, 0) is 0 Å². The summed E-state index contributed by atoms with van der Waals surface area (Å²) in [6.07, 6.45) is 0. The van der Waals surface area contributed by atoms with Crippen molar-refractivity contribution >= 4 is 17.3 Å². The fourth-order valence-electron chi connectivity index (χ4n) is 1.96. The number of primary amides is 1. The molecule has 0 unspecified atom stereocenters. The van der Waals surface area contributed by atoms with Crippen molar-refractivity contribution in [1.29, 1.82) is 0 Å². The van der Waals surface area contributed by atoms with Gasteiger partial charge in [0.05, 0.1) is 18.5 Å². The summed E-state index contributed by atoms with van der Waals surface area (Å²) >= 11 is 0. The van der Waals surface area contributed by atoms with Crippen LogP contribution in [0, 0.1) is 18.6 Å². The Hall–Kier alpha value is -2.63. The molecule has 0 radical (unpaired) electrons. The van der Waals surface area contributed by atoms with Gasteiger partial charge in [0.1, 0.15) is 22.9 Å². The van der Waals surface area contributed by atoms with Crippen molar-refractivity contribution in [2.24, 2.45) is 5.73 Å². The molecule has 2 rings (SSSR count). The Morgan fingerprint density at radius 1 is 1.19 bits per heavy atom. The molecule has 3 N–H and O–H groups in total. The molecular weight excluding hydrogens is 278 g/mol. The van der Waals surface area contributed by atoms with E-state index in [1.54, 1.807) is 13.0 Å². The highest BCUT2D eigenvalue weighted by molar-refractivity contribution is 6.02. The number of rotatable bonds is 4. The van der Waals surface area contributed by atoms with Crippen LogP contribution >= 0.6 is 0 Å². The molecule has 110 valence electrons. The lowest BCUT2D eigenvalue weighted by Gasteiger charge is -2.14. The minimum absolute atomic E-state index is 0.0162. The molecule has 2 aromatic rings. The number of halogens is 2. The number of hydrogen-bond acceptors (Lipinski definition) is 3. The number of nitrogens with one attached hydrogen (secondary N) is 1. The lowest BCUT2D eigenvalue weighted by Crippen LogP contribution is -2.15. The number of anilines is 2. The highest BCUT2D eigenvalue weighted by Gasteiger charge is 2.18. The van der Waals surface area contributed by atoms with Crippen LogP contribution in [0.3, 0.4) is 0 Å². The second-order valence-electron chi connectivity index (χ2n) is 4.50. The molecule has 4 nitrogen and oxygen atoms in total. The number of hydrogen-bond donors (Lipinski definition) is 2. The fourth-order valence-corrected chi connectivity index (χ4v) is 1.96. The zero-order valence-electron chi connectivity index (χ0n) is 11.5. The summed E-state index contributed by atoms with van der Waals surface area (Å²) in [6, 6.07) is 6.60. The highest BCUT2D eigenvalue weighted by Crippen LogP contribution is 2.31. The summed E-state index contributed by atoms with van der Waals surface area (Å²) in [5.41, 5.74) is 6.13. The summed E-state index contributed by atoms with van der Waals surface area (Å²) in [5.74, 6) is -1.97. The molecule has 6 heteroatoms. The summed E-state index contributed by atoms with van der Waals surface area (Å²) in [5, 5.41) is 2.67. The molecule has 0 atom stereocenters. The van der Waals surface area contributed by atoms with Crippen molar-refractivity contribution in [2.45, 2.75) is 6.92 Å². The number of methoxy groups -OCH3 is 1. The van der Waals surface area contributed by atoms with Crippen LogP contribution in [-0.4, -0.2) is 13.0 Å². The monoisotopic (exact) mass is 292 g/mol. The van der Waals surface area contributed by atoms with Gasteiger partial charge < -0.3 is 15.8 Å². The minimum atomic E-state index is -0.804. The van der Waals surface area contributed by atoms with E-state index in [4.69, 9.17) is 10.5 Å². The van der Waals surface area contributed by atoms with Crippen LogP contribution in [0.1, 0.15) is 15.9 Å². The maximum absolute atomic E-state index is 13.8. The standard InChI is InChI=1S/C15H14F2N2O2/c1-8-3-4-11(10(17)5-8)19-12-6-9(16)7-13(21-2)14(12)15(18)20/h3-7,19H,1-2H3,(H2,18,20). The molecule has 2 aromatic carbocycles. The van der Waals surface area contributed by atoms with Gasteiger partial charge in [0.15, 0.2) is 0 Å². The van der Waals surface area contributed by atoms with Gasteiger partial charge in [-0.05, 0) is 30.7 Å². The first kappa shape index (κ1) is 14.8. The Bertz CT molecular complexity index is 702. The SMILES string of the molecule is COc1cc(F)cc(Nc2ccc(C)cc2F)c1C(N)=O. The molecule has 0 bridgehead atoms. The Labute approximate surface area is 120 Å². The maximum atomic E-state index is 13.8. The molecule has 0 fully saturated rings. The number of carbonyl (C=O) groups excluding carboxylic acids is 1. The zero-order valence-corrected chi connectivity index (χ0v) is 11.5. The number of nitrogens with two attached hydrogens (primary N) is 1. The largest absolute Gasteiger partial charge is 0.496 e. The van der Waals surface area contributed by atoms with Crippen LogP contribution < -0.4 is 15.8 Å². The first-order chi connectivity index (χ1) is 9.92. The van der Waals surface area contributed by atoms with Crippen LogP contribution in [0.5, 0.6) is 5.75 Å². The first-order valence-electron chi connectivity index (χ1n) is 6.13. The third-order valence-electron chi connectivity index (χ3n) is 2.93. The Morgan fingerprint density at radius 3 is 2.48 bits per heavy atom. The lowest BCUT2D eigenvalue weighted by molar-refractivity contribution is 0.0998. The predicted molar refractivity (Wildman–Crippen MR) is 75.9 cm³/mol. The van der Waals surface area contributed by atoms with Gasteiger partial charge in [-0.2, -0.15) is 0 Å². The normalized spacial score (nSPS) is 10.3. The van der Waals surface area contributed by atoms with Crippen molar-refractivity contribution in [3.8, 4) is 5.75 Å². The van der Waals surface area contributed by atoms with E-state index in [2.05, 4.69) is 5.32 Å². The topological polar surface area (TPSA) is 64.3 Å². The second kappa shape index (κ2) is 5.78. The molecule has 0 heterocycles. The van der Waals surface area contributed by atoms with Crippen LogP contribution in [0.25, 0.3) is 0 Å². The van der Waals surface area contributed by atoms with Gasteiger partial charge >= 0.3 is 0 Å². The number of benzene rings is 2. The molecule has 0 aliphatic heterocycles. The van der Waals surface area contributed by atoms with Gasteiger partial charge in [0.25, 0.3) is 5.91 Å². The van der Waals surface area contributed by atoms with Gasteiger partial charge in [-0.3, -0.25) is 4.79 Å². The highest BCUT2D eigenvalue weighted by atomic mass is 19.1. The summed E-state index contributed by atoms with van der Waals surface area (Å²) in [4.78, 5) is 11.5. The van der Waals surface area contributed by atoms with Crippen molar-refractivity contribution in [1.82, 2.24) is 0 Å². The Morgan fingerprint density at radius 2 is 1.90 bits per heavy atom. The molecule has 0 saturated heterocycles. The van der Waals surface area contributed by atoms with Crippen LogP contribution in [0.2, 0.25) is 0 Å². The number of ether oxygens (including phenoxy) is 1. The Kier molecular flexibility index (Phi) is 4.07. The fraction of sp³-hybridized carbons (Fsp3) is 0.133. The van der Waals surface area contributed by atoms with E-state index in [0.29, 0.717) is 0 Å². The van der Waals surface area contributed by atoms with Crippen LogP contribution in [0.4, 0.5) is 20.2 Å². The van der Waals surface area contributed by atoms with E-state index in [0.717, 1.165) is 17.7 Å². The molecule has 0 aliphatic carbocycles. The van der Waals surface area contributed by atoms with Crippen molar-refractivity contribution < 1.29 is 18.3 Å². The van der Waals surface area contributed by atoms with Crippen molar-refractivity contribution in [2.75, 3.05) is 12.4 Å². The van der Waals surface area contributed by atoms with Gasteiger partial charge in [-0.1, -0.05) is 6.07 Å². The van der Waals surface area contributed by atoms with Gasteiger partial charge in [0.2, 0.25) is 0 Å². The van der Waals surface area contributed by atoms with Gasteiger partial charge in [-0.15, -0.1) is 0 Å². The average Bonchev–Trinajstić information content (AvgIpc) is 2.40. The zero-order chi connectivity index (χ0) is 15.6. The third kappa shape index (κ3) is 3.10. The third-order valence-corrected chi connectivity index (χ3v) is 2.93. The van der Waals surface area contributed by atoms with E-state index in [1.807, 2.05) is 0 Å². The molecule has 0 aromatic heterocycles. The summed E-state index contributed by atoms with van der Waals surface area (Å²) in [6.45, 7) is 1.74. The molecule has 0 spiro atoms. The van der Waals surface area contributed by atoms with E-state index in [-0.39, 0.29) is 22.7 Å². The molecular formula is C15H14F2N2O2. The number of amides is 1. The second-order valence-corrected chi connectivity index (χ2v) is 4.50. The van der Waals surface area contributed by atoms with E-state index >= 15 is 0 Å². The molecule has 21 heavy (non-hydrogen) atoms. The summed E-state index contributed by atoms with van der Waals surface area (Å²) < 4.78 is 32.3. The van der Waals surface area contributed by atoms with Gasteiger partial charge in [0, 0.05) is 6.07 Å². The van der Waals surface area contributed by atoms with Gasteiger partial charge in [-0.25, -0.2) is 8.78 Å². The van der Waals surface area contributed by atoms with E-state index in [9.17, 15) is 13.6 Å². The van der Waals surface area contributed by atoms with E-state index in [1.165, 1.54) is 19.2 Å². The number of carbonyl (C=O) groups is 1. The molecule has 0 aliphatic rings. The minimum Gasteiger partial charge on any atom is -0.496 e. The van der Waals surface area contributed by atoms with Crippen molar-refractivity contribution in [3.05, 3.63) is 53.1 Å². The molecule has 0 saturated carbocycles.